The van der Waals surface area contributed by atoms with Crippen LogP contribution in [0, 0.1) is 19.3 Å². The summed E-state index contributed by atoms with van der Waals surface area (Å²) >= 11 is 0. The van der Waals surface area contributed by atoms with Gasteiger partial charge >= 0.3 is 5.97 Å². The monoisotopic (exact) mass is 231 g/mol. The van der Waals surface area contributed by atoms with E-state index in [1.54, 1.807) is 18.2 Å². The third-order valence-electron chi connectivity index (χ3n) is 2.07. The summed E-state index contributed by atoms with van der Waals surface area (Å²) in [6.07, 6.45) is 4.99. The van der Waals surface area contributed by atoms with Crippen LogP contribution in [-0.2, 0) is 9.53 Å². The molecule has 0 unspecified atom stereocenters. The zero-order chi connectivity index (χ0) is 12.8. The number of aryl methyl sites for hydroxylation is 1. The van der Waals surface area contributed by atoms with Gasteiger partial charge in [-0.15, -0.1) is 6.42 Å². The molecule has 17 heavy (non-hydrogen) atoms. The predicted octanol–water partition coefficient (Wildman–Crippen LogP) is 1.74. The van der Waals surface area contributed by atoms with Crippen LogP contribution in [0.4, 0.5) is 5.69 Å². The molecule has 0 atom stereocenters. The first kappa shape index (κ1) is 12.8. The number of anilines is 1. The molecule has 0 aliphatic carbocycles. The van der Waals surface area contributed by atoms with Gasteiger partial charge in [0.15, 0.2) is 6.61 Å². The molecule has 0 saturated heterocycles. The first-order valence-electron chi connectivity index (χ1n) is 5.03. The maximum Gasteiger partial charge on any atom is 0.339 e. The second kappa shape index (κ2) is 5.71. The molecule has 0 aromatic heterocycles. The maximum atomic E-state index is 11.5. The van der Waals surface area contributed by atoms with Crippen LogP contribution in [0.1, 0.15) is 22.8 Å². The number of amides is 1. The highest BCUT2D eigenvalue weighted by molar-refractivity contribution is 5.94. The van der Waals surface area contributed by atoms with Crippen molar-refractivity contribution in [2.24, 2.45) is 0 Å². The molecule has 0 aliphatic rings. The van der Waals surface area contributed by atoms with Gasteiger partial charge in [0, 0.05) is 12.6 Å². The van der Waals surface area contributed by atoms with Gasteiger partial charge in [-0.3, -0.25) is 4.79 Å². The molecule has 1 aromatic rings. The minimum Gasteiger partial charge on any atom is -0.449 e. The van der Waals surface area contributed by atoms with Crippen molar-refractivity contribution in [3.8, 4) is 12.3 Å². The van der Waals surface area contributed by atoms with Gasteiger partial charge in [-0.2, -0.15) is 0 Å². The standard InChI is InChI=1S/C13H13NO3/c1-4-7-17-13(16)11-6-5-9(2)12(8-11)14-10(3)15/h1,5-6,8H,7H2,2-3H3,(H,14,15). The number of rotatable bonds is 3. The van der Waals surface area contributed by atoms with Crippen LogP contribution in [0.25, 0.3) is 0 Å². The second-order valence-electron chi connectivity index (χ2n) is 3.49. The van der Waals surface area contributed by atoms with Gasteiger partial charge in [0.2, 0.25) is 5.91 Å². The normalized spacial score (nSPS) is 9.24. The van der Waals surface area contributed by atoms with E-state index in [1.807, 2.05) is 6.92 Å². The van der Waals surface area contributed by atoms with Gasteiger partial charge in [0.1, 0.15) is 0 Å². The largest absolute Gasteiger partial charge is 0.449 e. The number of carbonyl (C=O) groups excluding carboxylic acids is 2. The summed E-state index contributed by atoms with van der Waals surface area (Å²) in [7, 11) is 0. The molecule has 0 heterocycles. The van der Waals surface area contributed by atoms with Crippen LogP contribution in [0.3, 0.4) is 0 Å². The van der Waals surface area contributed by atoms with Crippen LogP contribution in [0.15, 0.2) is 18.2 Å². The molecule has 88 valence electrons. The number of hydrogen-bond donors (Lipinski definition) is 1. The van der Waals surface area contributed by atoms with E-state index in [1.165, 1.54) is 6.92 Å². The number of nitrogens with one attached hydrogen (secondary N) is 1. The molecule has 0 saturated carbocycles. The topological polar surface area (TPSA) is 55.4 Å². The maximum absolute atomic E-state index is 11.5. The van der Waals surface area contributed by atoms with Gasteiger partial charge in [-0.05, 0) is 24.6 Å². The molecule has 0 aliphatic heterocycles. The summed E-state index contributed by atoms with van der Waals surface area (Å²) in [6.45, 7) is 3.17. The number of terminal acetylenes is 1. The minimum absolute atomic E-state index is 0.0673. The van der Waals surface area contributed by atoms with Crippen molar-refractivity contribution in [2.75, 3.05) is 11.9 Å². The third kappa shape index (κ3) is 3.65. The SMILES string of the molecule is C#CCOC(=O)c1ccc(C)c(NC(C)=O)c1. The van der Waals surface area contributed by atoms with E-state index in [-0.39, 0.29) is 12.5 Å². The van der Waals surface area contributed by atoms with E-state index >= 15 is 0 Å². The van der Waals surface area contributed by atoms with Crippen molar-refractivity contribution < 1.29 is 14.3 Å². The van der Waals surface area contributed by atoms with Crippen LogP contribution >= 0.6 is 0 Å². The lowest BCUT2D eigenvalue weighted by Crippen LogP contribution is -2.10. The lowest BCUT2D eigenvalue weighted by molar-refractivity contribution is -0.114. The van der Waals surface area contributed by atoms with E-state index < -0.39 is 5.97 Å². The van der Waals surface area contributed by atoms with Crippen LogP contribution < -0.4 is 5.32 Å². The zero-order valence-corrected chi connectivity index (χ0v) is 9.74. The van der Waals surface area contributed by atoms with E-state index in [4.69, 9.17) is 11.2 Å². The van der Waals surface area contributed by atoms with Crippen molar-refractivity contribution in [1.29, 1.82) is 0 Å². The molecular formula is C13H13NO3. The third-order valence-corrected chi connectivity index (χ3v) is 2.07. The van der Waals surface area contributed by atoms with Crippen molar-refractivity contribution in [1.82, 2.24) is 0 Å². The summed E-state index contributed by atoms with van der Waals surface area (Å²) in [6, 6.07) is 4.92. The Morgan fingerprint density at radius 3 is 2.76 bits per heavy atom. The minimum atomic E-state index is -0.505. The van der Waals surface area contributed by atoms with Crippen molar-refractivity contribution in [3.05, 3.63) is 29.3 Å². The molecule has 0 bridgehead atoms. The lowest BCUT2D eigenvalue weighted by Gasteiger charge is -2.08. The number of ether oxygens (including phenoxy) is 1. The fourth-order valence-electron chi connectivity index (χ4n) is 1.26. The highest BCUT2D eigenvalue weighted by Crippen LogP contribution is 2.17. The average molecular weight is 231 g/mol. The Morgan fingerprint density at radius 1 is 1.47 bits per heavy atom. The van der Waals surface area contributed by atoms with E-state index in [9.17, 15) is 9.59 Å². The van der Waals surface area contributed by atoms with E-state index in [0.29, 0.717) is 11.3 Å². The van der Waals surface area contributed by atoms with Gasteiger partial charge in [0.25, 0.3) is 0 Å². The summed E-state index contributed by atoms with van der Waals surface area (Å²) < 4.78 is 4.79. The summed E-state index contributed by atoms with van der Waals surface area (Å²) in [5.41, 5.74) is 1.82. The molecule has 0 spiro atoms. The Morgan fingerprint density at radius 2 is 2.18 bits per heavy atom. The number of carbonyl (C=O) groups is 2. The lowest BCUT2D eigenvalue weighted by atomic mass is 10.1. The molecule has 1 aromatic carbocycles. The molecule has 0 radical (unpaired) electrons. The quantitative estimate of drug-likeness (QED) is 0.636. The van der Waals surface area contributed by atoms with E-state index in [2.05, 4.69) is 11.2 Å². The average Bonchev–Trinajstić information content (AvgIpc) is 2.28. The Labute approximate surface area is 100.0 Å². The predicted molar refractivity (Wildman–Crippen MR) is 64.6 cm³/mol. The van der Waals surface area contributed by atoms with Crippen molar-refractivity contribution in [2.45, 2.75) is 13.8 Å². The first-order valence-corrected chi connectivity index (χ1v) is 5.03. The van der Waals surface area contributed by atoms with Crippen molar-refractivity contribution in [3.63, 3.8) is 0 Å². The Kier molecular flexibility index (Phi) is 4.29. The molecule has 1 amide bonds. The van der Waals surface area contributed by atoms with Crippen molar-refractivity contribution >= 4 is 17.6 Å². The highest BCUT2D eigenvalue weighted by atomic mass is 16.5. The Hall–Kier alpha value is -2.28. The summed E-state index contributed by atoms with van der Waals surface area (Å²) in [5.74, 6) is 1.52. The molecule has 1 rings (SSSR count). The molecule has 1 N–H and O–H groups in total. The number of hydrogen-bond acceptors (Lipinski definition) is 3. The number of benzene rings is 1. The zero-order valence-electron chi connectivity index (χ0n) is 9.74. The Balaban J connectivity index is 2.92. The first-order chi connectivity index (χ1) is 8.04. The van der Waals surface area contributed by atoms with Gasteiger partial charge in [0.05, 0.1) is 5.56 Å². The molecule has 4 nitrogen and oxygen atoms in total. The van der Waals surface area contributed by atoms with Crippen LogP contribution in [0.2, 0.25) is 0 Å². The fraction of sp³-hybridized carbons (Fsp3) is 0.231. The number of esters is 1. The highest BCUT2D eigenvalue weighted by Gasteiger charge is 2.09. The van der Waals surface area contributed by atoms with E-state index in [0.717, 1.165) is 5.56 Å². The molecule has 4 heteroatoms. The molecular weight excluding hydrogens is 218 g/mol. The Bertz CT molecular complexity index is 486. The van der Waals surface area contributed by atoms with Crippen LogP contribution in [-0.4, -0.2) is 18.5 Å². The van der Waals surface area contributed by atoms with Gasteiger partial charge in [-0.1, -0.05) is 12.0 Å². The second-order valence-corrected chi connectivity index (χ2v) is 3.49. The molecule has 0 fully saturated rings. The van der Waals surface area contributed by atoms with Crippen LogP contribution in [0.5, 0.6) is 0 Å². The summed E-state index contributed by atoms with van der Waals surface area (Å²) in [5, 5.41) is 2.64. The summed E-state index contributed by atoms with van der Waals surface area (Å²) in [4.78, 5) is 22.5. The van der Waals surface area contributed by atoms with Gasteiger partial charge in [-0.25, -0.2) is 4.79 Å². The smallest absolute Gasteiger partial charge is 0.339 e. The fourth-order valence-corrected chi connectivity index (χ4v) is 1.26. The van der Waals surface area contributed by atoms with Gasteiger partial charge < -0.3 is 10.1 Å².